The standard InChI is InChI=1S/C8H16INOS3/c9-12-7-8-14-13-6-3-10-1-4-11-5-2-10/h1-8H2. The average Bonchev–Trinajstić information content (AvgIpc) is 2.25. The maximum Gasteiger partial charge on any atom is 0.0594 e. The van der Waals surface area contributed by atoms with Gasteiger partial charge in [0.25, 0.3) is 0 Å². The number of halogens is 1. The molecule has 0 aliphatic carbocycles. The van der Waals surface area contributed by atoms with Gasteiger partial charge in [-0.2, -0.15) is 0 Å². The van der Waals surface area contributed by atoms with E-state index in [1.807, 2.05) is 30.5 Å². The van der Waals surface area contributed by atoms with Crippen LogP contribution in [0.5, 0.6) is 0 Å². The van der Waals surface area contributed by atoms with Gasteiger partial charge in [-0.3, -0.25) is 4.90 Å². The summed E-state index contributed by atoms with van der Waals surface area (Å²) in [5.74, 6) is 3.77. The fourth-order valence-electron chi connectivity index (χ4n) is 1.17. The van der Waals surface area contributed by atoms with Gasteiger partial charge < -0.3 is 4.74 Å². The van der Waals surface area contributed by atoms with E-state index in [0.717, 1.165) is 26.3 Å². The van der Waals surface area contributed by atoms with Crippen molar-refractivity contribution in [3.63, 3.8) is 0 Å². The Balaban J connectivity index is 1.82. The summed E-state index contributed by atoms with van der Waals surface area (Å²) in [7, 11) is 5.90. The molecule has 0 atom stereocenters. The van der Waals surface area contributed by atoms with Gasteiger partial charge in [0.05, 0.1) is 13.2 Å². The van der Waals surface area contributed by atoms with E-state index < -0.39 is 0 Å². The molecule has 0 spiro atoms. The van der Waals surface area contributed by atoms with Crippen molar-refractivity contribution < 1.29 is 4.74 Å². The summed E-state index contributed by atoms with van der Waals surface area (Å²) in [5.41, 5.74) is 0. The van der Waals surface area contributed by atoms with Crippen LogP contribution in [0.25, 0.3) is 0 Å². The molecule has 0 radical (unpaired) electrons. The normalized spacial score (nSPS) is 18.6. The molecular weight excluding hydrogens is 349 g/mol. The largest absolute Gasteiger partial charge is 0.379 e. The first kappa shape index (κ1) is 13.8. The minimum atomic E-state index is 0.920. The second kappa shape index (κ2) is 9.89. The van der Waals surface area contributed by atoms with Gasteiger partial charge in [-0.05, 0) is 21.2 Å². The summed E-state index contributed by atoms with van der Waals surface area (Å²) in [5, 5.41) is 0. The van der Waals surface area contributed by atoms with Crippen LogP contribution in [0.4, 0.5) is 0 Å². The smallest absolute Gasteiger partial charge is 0.0594 e. The Morgan fingerprint density at radius 1 is 1.07 bits per heavy atom. The molecule has 1 heterocycles. The molecule has 1 saturated heterocycles. The number of rotatable bonds is 7. The zero-order chi connectivity index (χ0) is 10.1. The van der Waals surface area contributed by atoms with Crippen molar-refractivity contribution in [2.75, 3.05) is 50.1 Å². The van der Waals surface area contributed by atoms with Gasteiger partial charge in [0.2, 0.25) is 0 Å². The zero-order valence-corrected chi connectivity index (χ0v) is 12.7. The van der Waals surface area contributed by atoms with Crippen LogP contribution in [0.1, 0.15) is 0 Å². The van der Waals surface area contributed by atoms with Crippen LogP contribution in [0.2, 0.25) is 0 Å². The Morgan fingerprint density at radius 2 is 1.79 bits per heavy atom. The van der Waals surface area contributed by atoms with Gasteiger partial charge in [0.1, 0.15) is 0 Å². The quantitative estimate of drug-likeness (QED) is 0.390. The Kier molecular flexibility index (Phi) is 9.73. The van der Waals surface area contributed by atoms with E-state index in [1.54, 1.807) is 0 Å². The SMILES string of the molecule is ISCCSSCCN1CCOCC1. The van der Waals surface area contributed by atoms with Crippen LogP contribution in [0.15, 0.2) is 0 Å². The molecular formula is C8H16INOS3. The molecule has 1 aliphatic heterocycles. The summed E-state index contributed by atoms with van der Waals surface area (Å²) < 4.78 is 5.30. The fourth-order valence-corrected chi connectivity index (χ4v) is 5.43. The summed E-state index contributed by atoms with van der Waals surface area (Å²) >= 11 is 2.36. The van der Waals surface area contributed by atoms with Crippen LogP contribution >= 0.6 is 51.7 Å². The summed E-state index contributed by atoms with van der Waals surface area (Å²) in [6.07, 6.45) is 0. The van der Waals surface area contributed by atoms with E-state index in [4.69, 9.17) is 4.74 Å². The van der Waals surface area contributed by atoms with E-state index in [0.29, 0.717) is 0 Å². The first-order chi connectivity index (χ1) is 6.93. The molecule has 0 saturated carbocycles. The van der Waals surface area contributed by atoms with Crippen LogP contribution in [-0.2, 0) is 4.74 Å². The predicted molar refractivity (Wildman–Crippen MR) is 78.7 cm³/mol. The molecule has 0 amide bonds. The predicted octanol–water partition coefficient (Wildman–Crippen LogP) is 2.78. The molecule has 6 heteroatoms. The van der Waals surface area contributed by atoms with Crippen molar-refractivity contribution in [3.05, 3.63) is 0 Å². The highest BCUT2D eigenvalue weighted by Crippen LogP contribution is 2.23. The third-order valence-corrected chi connectivity index (χ3v) is 6.25. The third-order valence-electron chi connectivity index (χ3n) is 1.92. The highest BCUT2D eigenvalue weighted by Gasteiger charge is 2.08. The number of hydrogen-bond donors (Lipinski definition) is 0. The highest BCUT2D eigenvalue weighted by molar-refractivity contribution is 14.2. The lowest BCUT2D eigenvalue weighted by atomic mass is 10.4. The molecule has 84 valence electrons. The van der Waals surface area contributed by atoms with Crippen molar-refractivity contribution >= 4 is 51.7 Å². The Morgan fingerprint density at radius 3 is 2.50 bits per heavy atom. The van der Waals surface area contributed by atoms with Gasteiger partial charge in [0.15, 0.2) is 0 Å². The highest BCUT2D eigenvalue weighted by atomic mass is 127. The van der Waals surface area contributed by atoms with Crippen LogP contribution in [-0.4, -0.2) is 55.0 Å². The van der Waals surface area contributed by atoms with E-state index in [9.17, 15) is 0 Å². The first-order valence-corrected chi connectivity index (χ1v) is 10.7. The Hall–Kier alpha value is 1.70. The lowest BCUT2D eigenvalue weighted by molar-refractivity contribution is 0.0410. The van der Waals surface area contributed by atoms with E-state index in [-0.39, 0.29) is 0 Å². The molecule has 2 nitrogen and oxygen atoms in total. The Bertz CT molecular complexity index is 136. The van der Waals surface area contributed by atoms with Gasteiger partial charge in [0, 0.05) is 36.9 Å². The molecule has 1 aliphatic rings. The molecule has 0 aromatic rings. The Labute approximate surface area is 111 Å². The van der Waals surface area contributed by atoms with Gasteiger partial charge in [-0.25, -0.2) is 0 Å². The number of hydrogen-bond acceptors (Lipinski definition) is 5. The molecule has 0 N–H and O–H groups in total. The summed E-state index contributed by atoms with van der Waals surface area (Å²) in [6.45, 7) is 5.30. The topological polar surface area (TPSA) is 12.5 Å². The summed E-state index contributed by atoms with van der Waals surface area (Å²) in [4.78, 5) is 2.49. The van der Waals surface area contributed by atoms with Gasteiger partial charge >= 0.3 is 0 Å². The number of ether oxygens (including phenoxy) is 1. The second-order valence-electron chi connectivity index (χ2n) is 2.91. The molecule has 0 bridgehead atoms. The fraction of sp³-hybridized carbons (Fsp3) is 1.00. The zero-order valence-electron chi connectivity index (χ0n) is 8.12. The molecule has 0 aromatic heterocycles. The molecule has 0 aromatic carbocycles. The molecule has 0 unspecified atom stereocenters. The average molecular weight is 365 g/mol. The van der Waals surface area contributed by atoms with Crippen LogP contribution < -0.4 is 0 Å². The van der Waals surface area contributed by atoms with Crippen LogP contribution in [0, 0.1) is 0 Å². The van der Waals surface area contributed by atoms with Crippen molar-refractivity contribution in [1.82, 2.24) is 4.90 Å². The monoisotopic (exact) mass is 365 g/mol. The van der Waals surface area contributed by atoms with Crippen molar-refractivity contribution in [1.29, 1.82) is 0 Å². The lowest BCUT2D eigenvalue weighted by Gasteiger charge is -2.26. The van der Waals surface area contributed by atoms with E-state index >= 15 is 0 Å². The number of nitrogens with zero attached hydrogens (tertiary/aromatic N) is 1. The summed E-state index contributed by atoms with van der Waals surface area (Å²) in [6, 6.07) is 0. The third kappa shape index (κ3) is 7.05. The number of morpholine rings is 1. The first-order valence-electron chi connectivity index (χ1n) is 4.71. The van der Waals surface area contributed by atoms with E-state index in [1.165, 1.54) is 23.8 Å². The molecule has 14 heavy (non-hydrogen) atoms. The van der Waals surface area contributed by atoms with Gasteiger partial charge in [-0.15, -0.1) is 0 Å². The molecule has 1 fully saturated rings. The lowest BCUT2D eigenvalue weighted by Crippen LogP contribution is -2.37. The maximum atomic E-state index is 5.30. The van der Waals surface area contributed by atoms with E-state index in [2.05, 4.69) is 26.1 Å². The molecule has 1 rings (SSSR count). The minimum Gasteiger partial charge on any atom is -0.379 e. The van der Waals surface area contributed by atoms with Gasteiger partial charge in [-0.1, -0.05) is 30.5 Å². The minimum absolute atomic E-state index is 0.920. The maximum absolute atomic E-state index is 5.30. The van der Waals surface area contributed by atoms with Crippen molar-refractivity contribution in [2.45, 2.75) is 0 Å². The van der Waals surface area contributed by atoms with Crippen LogP contribution in [0.3, 0.4) is 0 Å². The van der Waals surface area contributed by atoms with Crippen molar-refractivity contribution in [2.24, 2.45) is 0 Å². The second-order valence-corrected chi connectivity index (χ2v) is 8.11. The van der Waals surface area contributed by atoms with Crippen molar-refractivity contribution in [3.8, 4) is 0 Å².